The molecule has 0 saturated heterocycles. The van der Waals surface area contributed by atoms with Crippen LogP contribution >= 0.6 is 0 Å². The van der Waals surface area contributed by atoms with Gasteiger partial charge in [-0.1, -0.05) is 36.4 Å². The van der Waals surface area contributed by atoms with E-state index in [-0.39, 0.29) is 12.1 Å². The lowest BCUT2D eigenvalue weighted by molar-refractivity contribution is -0.109. The average molecular weight is 412 g/mol. The Morgan fingerprint density at radius 3 is 1.57 bits per heavy atom. The highest BCUT2D eigenvalue weighted by atomic mass is 16.2. The van der Waals surface area contributed by atoms with Crippen molar-refractivity contribution in [3.8, 4) is 0 Å². The summed E-state index contributed by atoms with van der Waals surface area (Å²) < 4.78 is 0. The fourth-order valence-electron chi connectivity index (χ4n) is 2.67. The van der Waals surface area contributed by atoms with E-state index in [1.54, 1.807) is 0 Å². The van der Waals surface area contributed by atoms with Gasteiger partial charge in [0.15, 0.2) is 0 Å². The fraction of sp³-hybridized carbons (Fsp3) is 0.286. The number of para-hydroxylation sites is 2. The highest BCUT2D eigenvalue weighted by Crippen LogP contribution is 2.04. The third-order valence-corrected chi connectivity index (χ3v) is 4.15. The summed E-state index contributed by atoms with van der Waals surface area (Å²) in [5.74, 6) is 0. The van der Waals surface area contributed by atoms with Crippen LogP contribution in [0.5, 0.6) is 0 Å². The van der Waals surface area contributed by atoms with E-state index in [0.717, 1.165) is 11.4 Å². The molecule has 0 atom stereocenters. The van der Waals surface area contributed by atoms with Crippen LogP contribution in [0.1, 0.15) is 0 Å². The summed E-state index contributed by atoms with van der Waals surface area (Å²) >= 11 is 0. The molecule has 0 aliphatic carbocycles. The first kappa shape index (κ1) is 22.7. The van der Waals surface area contributed by atoms with Crippen molar-refractivity contribution in [3.05, 3.63) is 60.7 Å². The summed E-state index contributed by atoms with van der Waals surface area (Å²) in [5.41, 5.74) is 1.44. The number of urea groups is 2. The van der Waals surface area contributed by atoms with Gasteiger partial charge in [-0.15, -0.1) is 0 Å². The molecule has 160 valence electrons. The lowest BCUT2D eigenvalue weighted by Gasteiger charge is -2.22. The van der Waals surface area contributed by atoms with Crippen LogP contribution in [0.15, 0.2) is 60.7 Å². The van der Waals surface area contributed by atoms with Crippen molar-refractivity contribution in [1.82, 2.24) is 20.9 Å². The molecule has 0 bridgehead atoms. The van der Waals surface area contributed by atoms with E-state index in [1.807, 2.05) is 65.6 Å². The van der Waals surface area contributed by atoms with Crippen LogP contribution < -0.4 is 26.6 Å². The first-order valence-electron chi connectivity index (χ1n) is 9.76. The van der Waals surface area contributed by atoms with Crippen LogP contribution in [0.4, 0.5) is 21.0 Å². The van der Waals surface area contributed by atoms with Gasteiger partial charge in [-0.3, -0.25) is 9.69 Å². The van der Waals surface area contributed by atoms with Gasteiger partial charge in [-0.2, -0.15) is 0 Å². The molecule has 5 N–H and O–H groups in total. The Hall–Kier alpha value is -3.59. The van der Waals surface area contributed by atoms with Crippen LogP contribution in [0.25, 0.3) is 0 Å². The summed E-state index contributed by atoms with van der Waals surface area (Å²) in [6, 6.07) is 17.8. The van der Waals surface area contributed by atoms with E-state index >= 15 is 0 Å². The summed E-state index contributed by atoms with van der Waals surface area (Å²) in [6.45, 7) is 3.08. The molecule has 2 aromatic carbocycles. The van der Waals surface area contributed by atoms with E-state index in [4.69, 9.17) is 0 Å². The highest BCUT2D eigenvalue weighted by molar-refractivity contribution is 5.89. The zero-order valence-electron chi connectivity index (χ0n) is 16.8. The SMILES string of the molecule is O=CNCCN(CCNC(=O)Nc1ccccc1)CCNC(=O)Nc1ccccc1. The quantitative estimate of drug-likeness (QED) is 0.269. The largest absolute Gasteiger partial charge is 0.357 e. The maximum absolute atomic E-state index is 12.0. The second-order valence-corrected chi connectivity index (χ2v) is 6.41. The third-order valence-electron chi connectivity index (χ3n) is 4.15. The van der Waals surface area contributed by atoms with Crippen molar-refractivity contribution < 1.29 is 14.4 Å². The van der Waals surface area contributed by atoms with Gasteiger partial charge in [-0.05, 0) is 24.3 Å². The number of anilines is 2. The van der Waals surface area contributed by atoms with Crippen LogP contribution in [-0.4, -0.2) is 62.6 Å². The van der Waals surface area contributed by atoms with Gasteiger partial charge in [0.2, 0.25) is 6.41 Å². The molecule has 0 unspecified atom stereocenters. The molecule has 0 aliphatic heterocycles. The molecule has 2 aromatic rings. The zero-order valence-corrected chi connectivity index (χ0v) is 16.8. The van der Waals surface area contributed by atoms with E-state index in [2.05, 4.69) is 26.6 Å². The second-order valence-electron chi connectivity index (χ2n) is 6.41. The van der Waals surface area contributed by atoms with Gasteiger partial charge >= 0.3 is 12.1 Å². The van der Waals surface area contributed by atoms with Gasteiger partial charge in [-0.25, -0.2) is 9.59 Å². The molecule has 5 amide bonds. The minimum absolute atomic E-state index is 0.285. The summed E-state index contributed by atoms with van der Waals surface area (Å²) in [7, 11) is 0. The monoisotopic (exact) mass is 412 g/mol. The van der Waals surface area contributed by atoms with Crippen molar-refractivity contribution in [2.45, 2.75) is 0 Å². The van der Waals surface area contributed by atoms with Crippen molar-refractivity contribution in [2.75, 3.05) is 49.9 Å². The fourth-order valence-corrected chi connectivity index (χ4v) is 2.67. The Balaban J connectivity index is 1.69. The van der Waals surface area contributed by atoms with Crippen molar-refractivity contribution in [2.24, 2.45) is 0 Å². The molecule has 0 saturated carbocycles. The zero-order chi connectivity index (χ0) is 21.4. The molecule has 9 nitrogen and oxygen atoms in total. The van der Waals surface area contributed by atoms with Crippen molar-refractivity contribution in [3.63, 3.8) is 0 Å². The number of amides is 5. The molecular weight excluding hydrogens is 384 g/mol. The molecule has 30 heavy (non-hydrogen) atoms. The summed E-state index contributed by atoms with van der Waals surface area (Å²) in [6.07, 6.45) is 0.648. The molecule has 0 aromatic heterocycles. The highest BCUT2D eigenvalue weighted by Gasteiger charge is 2.08. The Morgan fingerprint density at radius 1 is 0.700 bits per heavy atom. The van der Waals surface area contributed by atoms with Crippen LogP contribution in [0.2, 0.25) is 0 Å². The predicted molar refractivity (Wildman–Crippen MR) is 117 cm³/mol. The number of nitrogens with one attached hydrogen (secondary N) is 5. The number of carbonyl (C=O) groups is 3. The Labute approximate surface area is 176 Å². The lowest BCUT2D eigenvalue weighted by Crippen LogP contribution is -2.43. The Kier molecular flexibility index (Phi) is 10.3. The molecule has 0 radical (unpaired) electrons. The first-order chi connectivity index (χ1) is 14.7. The maximum atomic E-state index is 12.0. The van der Waals surface area contributed by atoms with Gasteiger partial charge < -0.3 is 26.6 Å². The van der Waals surface area contributed by atoms with Gasteiger partial charge in [0.25, 0.3) is 0 Å². The van der Waals surface area contributed by atoms with Gasteiger partial charge in [0.1, 0.15) is 0 Å². The molecule has 9 heteroatoms. The minimum Gasteiger partial charge on any atom is -0.357 e. The average Bonchev–Trinajstić information content (AvgIpc) is 2.75. The second kappa shape index (κ2) is 13.6. The van der Waals surface area contributed by atoms with Crippen LogP contribution in [0.3, 0.4) is 0 Å². The van der Waals surface area contributed by atoms with E-state index < -0.39 is 0 Å². The number of rotatable bonds is 12. The first-order valence-corrected chi connectivity index (χ1v) is 9.76. The molecular formula is C21H28N6O3. The van der Waals surface area contributed by atoms with Crippen LogP contribution in [-0.2, 0) is 4.79 Å². The third kappa shape index (κ3) is 9.56. The van der Waals surface area contributed by atoms with E-state index in [0.29, 0.717) is 45.7 Å². The number of hydrogen-bond donors (Lipinski definition) is 5. The number of hydrogen-bond acceptors (Lipinski definition) is 4. The predicted octanol–water partition coefficient (Wildman–Crippen LogP) is 1.68. The van der Waals surface area contributed by atoms with Crippen LogP contribution in [0, 0.1) is 0 Å². The molecule has 2 rings (SSSR count). The normalized spacial score (nSPS) is 10.2. The lowest BCUT2D eigenvalue weighted by atomic mass is 10.3. The molecule has 0 aliphatic rings. The number of carbonyl (C=O) groups excluding carboxylic acids is 3. The molecule has 0 heterocycles. The van der Waals surface area contributed by atoms with E-state index in [1.165, 1.54) is 0 Å². The smallest absolute Gasteiger partial charge is 0.319 e. The summed E-state index contributed by atoms with van der Waals surface area (Å²) in [5, 5.41) is 13.7. The topological polar surface area (TPSA) is 115 Å². The van der Waals surface area contributed by atoms with Crippen molar-refractivity contribution in [1.29, 1.82) is 0 Å². The Bertz CT molecular complexity index is 713. The van der Waals surface area contributed by atoms with Gasteiger partial charge in [0.05, 0.1) is 0 Å². The van der Waals surface area contributed by atoms with Crippen molar-refractivity contribution >= 4 is 29.8 Å². The minimum atomic E-state index is -0.285. The number of nitrogens with zero attached hydrogens (tertiary/aromatic N) is 1. The molecule has 0 fully saturated rings. The number of benzene rings is 2. The maximum Gasteiger partial charge on any atom is 0.319 e. The van der Waals surface area contributed by atoms with E-state index in [9.17, 15) is 14.4 Å². The summed E-state index contributed by atoms with van der Waals surface area (Å²) in [4.78, 5) is 36.5. The standard InChI is InChI=1S/C21H28N6O3/c28-17-22-11-14-27(15-12-23-20(29)25-18-7-3-1-4-8-18)16-13-24-21(30)26-19-9-5-2-6-10-19/h1-10,17H,11-16H2,(H,22,28)(H2,23,25,29)(H2,24,26,30). The molecule has 0 spiro atoms. The Morgan fingerprint density at radius 2 is 1.13 bits per heavy atom. The van der Waals surface area contributed by atoms with Gasteiger partial charge in [0, 0.05) is 50.6 Å².